The molecule has 2 aromatic carbocycles. The summed E-state index contributed by atoms with van der Waals surface area (Å²) < 4.78 is 0. The van der Waals surface area contributed by atoms with Gasteiger partial charge in [0, 0.05) is 12.3 Å². The number of nitro benzene ring substituents is 1. The predicted molar refractivity (Wildman–Crippen MR) is 129 cm³/mol. The molecular formula is C23H16N4O4S2. The average molecular weight is 477 g/mol. The van der Waals surface area contributed by atoms with E-state index in [0.717, 1.165) is 17.3 Å². The number of hydrogen-bond donors (Lipinski definition) is 1. The molecule has 0 unspecified atom stereocenters. The van der Waals surface area contributed by atoms with Crippen LogP contribution in [0.15, 0.2) is 82.4 Å². The van der Waals surface area contributed by atoms with Crippen LogP contribution in [-0.2, 0) is 9.59 Å². The van der Waals surface area contributed by atoms with E-state index in [-0.39, 0.29) is 16.4 Å². The van der Waals surface area contributed by atoms with Crippen LogP contribution in [-0.4, -0.2) is 26.8 Å². The molecule has 4 rings (SSSR count). The predicted octanol–water partition coefficient (Wildman–Crippen LogP) is 4.28. The van der Waals surface area contributed by atoms with Crippen LogP contribution in [0.2, 0.25) is 0 Å². The first-order valence-electron chi connectivity index (χ1n) is 9.69. The highest BCUT2D eigenvalue weighted by Gasteiger charge is 2.34. The Morgan fingerprint density at radius 1 is 1.12 bits per heavy atom. The molecule has 1 N–H and O–H groups in total. The van der Waals surface area contributed by atoms with Crippen LogP contribution in [0.25, 0.3) is 6.08 Å². The molecular weight excluding hydrogens is 460 g/mol. The Balaban J connectivity index is 1.70. The molecule has 1 saturated heterocycles. The summed E-state index contributed by atoms with van der Waals surface area (Å²) in [5.41, 5.74) is 1.44. The second-order valence-electron chi connectivity index (χ2n) is 7.05. The van der Waals surface area contributed by atoms with Gasteiger partial charge in [0.05, 0.1) is 15.5 Å². The second-order valence-corrected chi connectivity index (χ2v) is 8.50. The van der Waals surface area contributed by atoms with E-state index >= 15 is 0 Å². The molecule has 0 saturated carbocycles. The Morgan fingerprint density at radius 3 is 2.64 bits per heavy atom. The van der Waals surface area contributed by atoms with Crippen molar-refractivity contribution in [3.8, 4) is 0 Å². The van der Waals surface area contributed by atoms with E-state index in [1.807, 2.05) is 13.0 Å². The SMILES string of the molecule is Cc1cccc(N2C(=O)/C(=C/c3ccc(Sc4ccccn4)c([N+](=O)[O-])c3)C(=O)NC2=S)c1. The van der Waals surface area contributed by atoms with Crippen molar-refractivity contribution in [2.45, 2.75) is 16.8 Å². The van der Waals surface area contributed by atoms with Crippen molar-refractivity contribution < 1.29 is 14.5 Å². The van der Waals surface area contributed by atoms with Gasteiger partial charge in [0.15, 0.2) is 5.11 Å². The van der Waals surface area contributed by atoms with Crippen molar-refractivity contribution >= 4 is 58.4 Å². The maximum absolute atomic E-state index is 13.2. The third kappa shape index (κ3) is 4.81. The highest BCUT2D eigenvalue weighted by Crippen LogP contribution is 2.35. The molecule has 0 bridgehead atoms. The minimum atomic E-state index is -0.663. The van der Waals surface area contributed by atoms with Gasteiger partial charge >= 0.3 is 0 Å². The van der Waals surface area contributed by atoms with Crippen LogP contribution in [0.5, 0.6) is 0 Å². The molecule has 1 aliphatic heterocycles. The average Bonchev–Trinajstić information content (AvgIpc) is 2.78. The maximum Gasteiger partial charge on any atom is 0.283 e. The van der Waals surface area contributed by atoms with E-state index in [9.17, 15) is 19.7 Å². The summed E-state index contributed by atoms with van der Waals surface area (Å²) in [5.74, 6) is -1.27. The molecule has 1 aromatic heterocycles. The van der Waals surface area contributed by atoms with E-state index in [2.05, 4.69) is 10.3 Å². The molecule has 0 atom stereocenters. The molecule has 3 aromatic rings. The Morgan fingerprint density at radius 2 is 1.94 bits per heavy atom. The Kier molecular flexibility index (Phi) is 6.29. The zero-order chi connectivity index (χ0) is 23.5. The lowest BCUT2D eigenvalue weighted by atomic mass is 10.1. The first kappa shape index (κ1) is 22.3. The first-order chi connectivity index (χ1) is 15.8. The van der Waals surface area contributed by atoms with E-state index in [1.54, 1.807) is 54.7 Å². The third-order valence-electron chi connectivity index (χ3n) is 4.70. The summed E-state index contributed by atoms with van der Waals surface area (Å²) in [6.45, 7) is 1.87. The number of hydrogen-bond acceptors (Lipinski definition) is 7. The zero-order valence-corrected chi connectivity index (χ0v) is 18.9. The van der Waals surface area contributed by atoms with Gasteiger partial charge in [-0.05, 0) is 66.7 Å². The van der Waals surface area contributed by atoms with Crippen LogP contribution in [0, 0.1) is 17.0 Å². The highest BCUT2D eigenvalue weighted by atomic mass is 32.2. The molecule has 10 heteroatoms. The summed E-state index contributed by atoms with van der Waals surface area (Å²) >= 11 is 6.36. The van der Waals surface area contributed by atoms with E-state index in [1.165, 1.54) is 17.0 Å². The summed E-state index contributed by atoms with van der Waals surface area (Å²) in [7, 11) is 0. The van der Waals surface area contributed by atoms with E-state index < -0.39 is 16.7 Å². The number of thiocarbonyl (C=S) groups is 1. The largest absolute Gasteiger partial charge is 0.298 e. The lowest BCUT2D eigenvalue weighted by molar-refractivity contribution is -0.387. The van der Waals surface area contributed by atoms with Crippen LogP contribution >= 0.6 is 24.0 Å². The van der Waals surface area contributed by atoms with Gasteiger partial charge < -0.3 is 0 Å². The van der Waals surface area contributed by atoms with Gasteiger partial charge in [0.25, 0.3) is 17.5 Å². The van der Waals surface area contributed by atoms with Gasteiger partial charge in [-0.15, -0.1) is 0 Å². The number of anilines is 1. The Hall–Kier alpha value is -3.89. The summed E-state index contributed by atoms with van der Waals surface area (Å²) in [4.78, 5) is 42.6. The van der Waals surface area contributed by atoms with Crippen molar-refractivity contribution in [2.75, 3.05) is 4.90 Å². The second kappa shape index (κ2) is 9.31. The number of nitro groups is 1. The normalized spacial score (nSPS) is 15.0. The van der Waals surface area contributed by atoms with Gasteiger partial charge in [-0.3, -0.25) is 29.9 Å². The fourth-order valence-electron chi connectivity index (χ4n) is 3.20. The van der Waals surface area contributed by atoms with Gasteiger partial charge in [-0.2, -0.15) is 0 Å². The smallest absolute Gasteiger partial charge is 0.283 e. The maximum atomic E-state index is 13.2. The molecule has 164 valence electrons. The summed E-state index contributed by atoms with van der Waals surface area (Å²) in [6, 6.07) is 16.9. The van der Waals surface area contributed by atoms with Crippen LogP contribution in [0.4, 0.5) is 11.4 Å². The number of amides is 2. The molecule has 2 heterocycles. The molecule has 0 aliphatic carbocycles. The minimum absolute atomic E-state index is 0.0270. The van der Waals surface area contributed by atoms with Crippen molar-refractivity contribution in [1.29, 1.82) is 0 Å². The number of aryl methyl sites for hydroxylation is 1. The number of carbonyl (C=O) groups excluding carboxylic acids is 2. The Labute approximate surface area is 198 Å². The standard InChI is InChI=1S/C23H16N4O4S2/c1-14-5-4-6-16(11-14)26-22(29)17(21(28)25-23(26)32)12-15-8-9-19(18(13-15)27(30)31)33-20-7-2-3-10-24-20/h2-13H,1H3,(H,25,28,32)/b17-12+. The van der Waals surface area contributed by atoms with Crippen molar-refractivity contribution in [3.05, 3.63) is 93.7 Å². The monoisotopic (exact) mass is 476 g/mol. The number of nitrogens with zero attached hydrogens (tertiary/aromatic N) is 3. The summed E-state index contributed by atoms with van der Waals surface area (Å²) in [6.07, 6.45) is 2.93. The van der Waals surface area contributed by atoms with E-state index in [4.69, 9.17) is 12.2 Å². The van der Waals surface area contributed by atoms with Crippen molar-refractivity contribution in [1.82, 2.24) is 10.3 Å². The lowest BCUT2D eigenvalue weighted by Gasteiger charge is -2.29. The minimum Gasteiger partial charge on any atom is -0.298 e. The third-order valence-corrected chi connectivity index (χ3v) is 6.00. The quantitative estimate of drug-likeness (QED) is 0.193. The number of carbonyl (C=O) groups is 2. The Bertz CT molecular complexity index is 1330. The van der Waals surface area contributed by atoms with Crippen LogP contribution in [0.1, 0.15) is 11.1 Å². The van der Waals surface area contributed by atoms with Gasteiger partial charge in [0.1, 0.15) is 10.6 Å². The zero-order valence-electron chi connectivity index (χ0n) is 17.2. The molecule has 0 radical (unpaired) electrons. The van der Waals surface area contributed by atoms with Crippen LogP contribution < -0.4 is 10.2 Å². The van der Waals surface area contributed by atoms with Crippen molar-refractivity contribution in [3.63, 3.8) is 0 Å². The van der Waals surface area contributed by atoms with Crippen LogP contribution in [0.3, 0.4) is 0 Å². The molecule has 0 spiro atoms. The topological polar surface area (TPSA) is 105 Å². The number of rotatable bonds is 5. The molecule has 1 aliphatic rings. The number of aromatic nitrogens is 1. The number of pyridine rings is 1. The molecule has 2 amide bonds. The molecule has 33 heavy (non-hydrogen) atoms. The van der Waals surface area contributed by atoms with Gasteiger partial charge in [-0.1, -0.05) is 36.0 Å². The van der Waals surface area contributed by atoms with E-state index in [0.29, 0.717) is 21.2 Å². The van der Waals surface area contributed by atoms with Gasteiger partial charge in [-0.25, -0.2) is 4.98 Å². The lowest BCUT2D eigenvalue weighted by Crippen LogP contribution is -2.54. The molecule has 1 fully saturated rings. The fraction of sp³-hybridized carbons (Fsp3) is 0.0435. The molecule has 8 nitrogen and oxygen atoms in total. The van der Waals surface area contributed by atoms with Crippen molar-refractivity contribution in [2.24, 2.45) is 0 Å². The summed E-state index contributed by atoms with van der Waals surface area (Å²) in [5, 5.41) is 14.8. The van der Waals surface area contributed by atoms with Gasteiger partial charge in [0.2, 0.25) is 0 Å². The highest BCUT2D eigenvalue weighted by molar-refractivity contribution is 7.99. The fourth-order valence-corrected chi connectivity index (χ4v) is 4.34. The number of benzene rings is 2. The number of nitrogens with one attached hydrogen (secondary N) is 1. The first-order valence-corrected chi connectivity index (χ1v) is 10.9.